The second-order valence-electron chi connectivity index (χ2n) is 6.45. The summed E-state index contributed by atoms with van der Waals surface area (Å²) < 4.78 is 15.6. The molecule has 8 heteroatoms. The number of carbonyl (C=O) groups excluding carboxylic acids is 3. The Morgan fingerprint density at radius 1 is 1.21 bits per heavy atom. The molecule has 0 saturated heterocycles. The number of hydrogen-bond donors (Lipinski definition) is 2. The molecule has 0 aliphatic heterocycles. The van der Waals surface area contributed by atoms with Gasteiger partial charge in [-0.3, -0.25) is 10.1 Å². The number of ether oxygens (including phenoxy) is 3. The third-order valence-corrected chi connectivity index (χ3v) is 4.25. The number of nitrogens with one attached hydrogen (secondary N) is 2. The molecule has 0 heterocycles. The fourth-order valence-electron chi connectivity index (χ4n) is 2.86. The van der Waals surface area contributed by atoms with Gasteiger partial charge in [0.15, 0.2) is 18.1 Å². The van der Waals surface area contributed by atoms with Crippen LogP contribution in [-0.2, 0) is 14.3 Å². The van der Waals surface area contributed by atoms with E-state index in [0.29, 0.717) is 23.7 Å². The Kier molecular flexibility index (Phi) is 8.75. The molecule has 0 unspecified atom stereocenters. The number of urea groups is 1. The second-order valence-corrected chi connectivity index (χ2v) is 6.45. The molecular weight excluding hydrogens is 376 g/mol. The second kappa shape index (κ2) is 11.5. The Bertz CT molecular complexity index is 768. The lowest BCUT2D eigenvalue weighted by Crippen LogP contribution is -2.44. The van der Waals surface area contributed by atoms with Gasteiger partial charge in [0, 0.05) is 12.1 Å². The number of esters is 1. The normalized spacial score (nSPS) is 13.7. The smallest absolute Gasteiger partial charge is 0.331 e. The van der Waals surface area contributed by atoms with Gasteiger partial charge >= 0.3 is 12.0 Å². The monoisotopic (exact) mass is 402 g/mol. The van der Waals surface area contributed by atoms with Crippen molar-refractivity contribution >= 4 is 24.0 Å². The summed E-state index contributed by atoms with van der Waals surface area (Å²) in [5.41, 5.74) is 0.685. The third kappa shape index (κ3) is 7.69. The van der Waals surface area contributed by atoms with E-state index in [2.05, 4.69) is 17.2 Å². The summed E-state index contributed by atoms with van der Waals surface area (Å²) in [6.45, 7) is 3.39. The lowest BCUT2D eigenvalue weighted by atomic mass is 10.2. The number of hydrogen-bond acceptors (Lipinski definition) is 6. The van der Waals surface area contributed by atoms with E-state index in [4.69, 9.17) is 14.2 Å². The molecule has 2 N–H and O–H groups in total. The van der Waals surface area contributed by atoms with Crippen LogP contribution in [-0.4, -0.2) is 44.3 Å². The molecule has 1 saturated carbocycles. The molecule has 1 aliphatic rings. The first kappa shape index (κ1) is 22.0. The van der Waals surface area contributed by atoms with E-state index in [1.54, 1.807) is 24.3 Å². The van der Waals surface area contributed by atoms with Gasteiger partial charge in [-0.2, -0.15) is 0 Å². The standard InChI is InChI=1S/C21H26N2O6/c1-3-12-28-17-10-8-15(13-18(17)27-2)9-11-20(25)29-14-19(24)23-21(26)22-16-6-4-5-7-16/h3,8-11,13,16H,1,4-7,12,14H2,2H3,(H2,22,23,24,26)/b11-9+. The third-order valence-electron chi connectivity index (χ3n) is 4.25. The molecule has 0 bridgehead atoms. The minimum absolute atomic E-state index is 0.0961. The van der Waals surface area contributed by atoms with Crippen molar-refractivity contribution in [1.82, 2.24) is 10.6 Å². The average Bonchev–Trinajstić information content (AvgIpc) is 3.22. The fraction of sp³-hybridized carbons (Fsp3) is 0.381. The summed E-state index contributed by atoms with van der Waals surface area (Å²) in [5.74, 6) is -0.329. The SMILES string of the molecule is C=CCOc1ccc(/C=C/C(=O)OCC(=O)NC(=O)NC2CCCC2)cc1OC. The van der Waals surface area contributed by atoms with Crippen molar-refractivity contribution in [3.63, 3.8) is 0 Å². The first-order valence-corrected chi connectivity index (χ1v) is 9.38. The summed E-state index contributed by atoms with van der Waals surface area (Å²) in [6.07, 6.45) is 8.29. The van der Waals surface area contributed by atoms with E-state index in [0.717, 1.165) is 25.7 Å². The molecule has 8 nitrogen and oxygen atoms in total. The Hall–Kier alpha value is -3.29. The quantitative estimate of drug-likeness (QED) is 0.374. The molecule has 1 aliphatic carbocycles. The zero-order valence-electron chi connectivity index (χ0n) is 16.4. The largest absolute Gasteiger partial charge is 0.493 e. The van der Waals surface area contributed by atoms with Gasteiger partial charge in [0.05, 0.1) is 7.11 Å². The summed E-state index contributed by atoms with van der Waals surface area (Å²) >= 11 is 0. The molecule has 3 amide bonds. The number of carbonyl (C=O) groups is 3. The first-order chi connectivity index (χ1) is 14.0. The van der Waals surface area contributed by atoms with Crippen molar-refractivity contribution < 1.29 is 28.6 Å². The molecule has 1 aromatic carbocycles. The van der Waals surface area contributed by atoms with Crippen LogP contribution in [0.3, 0.4) is 0 Å². The Morgan fingerprint density at radius 2 is 1.97 bits per heavy atom. The van der Waals surface area contributed by atoms with Crippen LogP contribution >= 0.6 is 0 Å². The number of imide groups is 1. The van der Waals surface area contributed by atoms with Crippen LogP contribution in [0.5, 0.6) is 11.5 Å². The Balaban J connectivity index is 1.77. The van der Waals surface area contributed by atoms with Crippen molar-refractivity contribution in [2.75, 3.05) is 20.3 Å². The Labute approximate surface area is 169 Å². The van der Waals surface area contributed by atoms with Crippen molar-refractivity contribution in [1.29, 1.82) is 0 Å². The molecule has 0 radical (unpaired) electrons. The summed E-state index contributed by atoms with van der Waals surface area (Å²) in [5, 5.41) is 4.87. The molecule has 2 rings (SSSR count). The number of amides is 3. The van der Waals surface area contributed by atoms with Gasteiger partial charge in [0.1, 0.15) is 6.61 Å². The summed E-state index contributed by atoms with van der Waals surface area (Å²) in [6, 6.07) is 4.68. The van der Waals surface area contributed by atoms with E-state index in [-0.39, 0.29) is 6.04 Å². The highest BCUT2D eigenvalue weighted by Crippen LogP contribution is 2.28. The van der Waals surface area contributed by atoms with E-state index in [9.17, 15) is 14.4 Å². The maximum atomic E-state index is 11.8. The molecule has 0 atom stereocenters. The topological polar surface area (TPSA) is 103 Å². The minimum Gasteiger partial charge on any atom is -0.493 e. The van der Waals surface area contributed by atoms with Crippen LogP contribution in [0.15, 0.2) is 36.9 Å². The highest BCUT2D eigenvalue weighted by Gasteiger charge is 2.18. The molecule has 1 fully saturated rings. The highest BCUT2D eigenvalue weighted by atomic mass is 16.5. The predicted molar refractivity (Wildman–Crippen MR) is 108 cm³/mol. The number of benzene rings is 1. The predicted octanol–water partition coefficient (Wildman–Crippen LogP) is 2.58. The number of methoxy groups -OCH3 is 1. The van der Waals surface area contributed by atoms with Gasteiger partial charge in [-0.05, 0) is 36.6 Å². The molecule has 29 heavy (non-hydrogen) atoms. The molecule has 0 spiro atoms. The van der Waals surface area contributed by atoms with Crippen molar-refractivity contribution in [3.8, 4) is 11.5 Å². The maximum absolute atomic E-state index is 11.8. The van der Waals surface area contributed by atoms with Gasteiger partial charge in [-0.1, -0.05) is 31.6 Å². The highest BCUT2D eigenvalue weighted by molar-refractivity contribution is 5.96. The van der Waals surface area contributed by atoms with Gasteiger partial charge in [-0.15, -0.1) is 0 Å². The minimum atomic E-state index is -0.706. The molecular formula is C21H26N2O6. The van der Waals surface area contributed by atoms with Gasteiger partial charge in [0.2, 0.25) is 0 Å². The first-order valence-electron chi connectivity index (χ1n) is 9.38. The number of rotatable bonds is 9. The van der Waals surface area contributed by atoms with Crippen LogP contribution in [0, 0.1) is 0 Å². The molecule has 1 aromatic rings. The van der Waals surface area contributed by atoms with Crippen LogP contribution in [0.25, 0.3) is 6.08 Å². The van der Waals surface area contributed by atoms with E-state index in [1.807, 2.05) is 0 Å². The maximum Gasteiger partial charge on any atom is 0.331 e. The van der Waals surface area contributed by atoms with Crippen LogP contribution < -0.4 is 20.1 Å². The van der Waals surface area contributed by atoms with E-state index >= 15 is 0 Å². The van der Waals surface area contributed by atoms with Crippen molar-refractivity contribution in [3.05, 3.63) is 42.5 Å². The molecule has 156 valence electrons. The van der Waals surface area contributed by atoms with Crippen molar-refractivity contribution in [2.24, 2.45) is 0 Å². The summed E-state index contributed by atoms with van der Waals surface area (Å²) in [4.78, 5) is 35.2. The molecule has 0 aromatic heterocycles. The lowest BCUT2D eigenvalue weighted by Gasteiger charge is -2.12. The Morgan fingerprint density at radius 3 is 2.66 bits per heavy atom. The van der Waals surface area contributed by atoms with Gasteiger partial charge in [-0.25, -0.2) is 9.59 Å². The summed E-state index contributed by atoms with van der Waals surface area (Å²) in [7, 11) is 1.51. The van der Waals surface area contributed by atoms with E-state index in [1.165, 1.54) is 19.3 Å². The van der Waals surface area contributed by atoms with Crippen molar-refractivity contribution in [2.45, 2.75) is 31.7 Å². The van der Waals surface area contributed by atoms with Crippen LogP contribution in [0.4, 0.5) is 4.79 Å². The van der Waals surface area contributed by atoms with Crippen LogP contribution in [0.1, 0.15) is 31.2 Å². The van der Waals surface area contributed by atoms with Gasteiger partial charge in [0.25, 0.3) is 5.91 Å². The zero-order chi connectivity index (χ0) is 21.1. The van der Waals surface area contributed by atoms with E-state index < -0.39 is 24.5 Å². The van der Waals surface area contributed by atoms with Gasteiger partial charge < -0.3 is 19.5 Å². The lowest BCUT2D eigenvalue weighted by molar-refractivity contribution is -0.143. The average molecular weight is 402 g/mol. The van der Waals surface area contributed by atoms with Crippen LogP contribution in [0.2, 0.25) is 0 Å². The fourth-order valence-corrected chi connectivity index (χ4v) is 2.86. The zero-order valence-corrected chi connectivity index (χ0v) is 16.4.